The zero-order chi connectivity index (χ0) is 21.2. The highest BCUT2D eigenvalue weighted by Gasteiger charge is 2.39. The van der Waals surface area contributed by atoms with Crippen molar-refractivity contribution in [3.8, 4) is 0 Å². The molecule has 1 N–H and O–H groups in total. The van der Waals surface area contributed by atoms with Crippen molar-refractivity contribution >= 4 is 27.6 Å². The van der Waals surface area contributed by atoms with Crippen molar-refractivity contribution in [1.82, 2.24) is 4.31 Å². The molecule has 2 aliphatic heterocycles. The Kier molecular flexibility index (Phi) is 6.00. The van der Waals surface area contributed by atoms with Gasteiger partial charge in [-0.3, -0.25) is 0 Å². The molecule has 0 aromatic heterocycles. The van der Waals surface area contributed by atoms with Gasteiger partial charge in [0.15, 0.2) is 5.57 Å². The third-order valence-corrected chi connectivity index (χ3v) is 6.97. The summed E-state index contributed by atoms with van der Waals surface area (Å²) in [5, 5.41) is 2.81. The molecule has 1 aromatic rings. The number of piperidine rings is 1. The summed E-state index contributed by atoms with van der Waals surface area (Å²) in [6.45, 7) is 5.48. The van der Waals surface area contributed by atoms with Crippen LogP contribution in [0.15, 0.2) is 40.9 Å². The van der Waals surface area contributed by atoms with Gasteiger partial charge in [0.25, 0.3) is 5.79 Å². The Hall–Kier alpha value is -2.39. The van der Waals surface area contributed by atoms with Crippen LogP contribution in [-0.2, 0) is 29.1 Å². The van der Waals surface area contributed by atoms with E-state index in [-0.39, 0.29) is 16.5 Å². The van der Waals surface area contributed by atoms with Crippen LogP contribution in [0.2, 0.25) is 0 Å². The first-order valence-corrected chi connectivity index (χ1v) is 11.1. The number of sulfonamides is 1. The van der Waals surface area contributed by atoms with E-state index >= 15 is 0 Å². The first kappa shape index (κ1) is 21.3. The molecule has 2 heterocycles. The molecule has 2 fully saturated rings. The zero-order valence-electron chi connectivity index (χ0n) is 16.8. The first-order valence-electron chi connectivity index (χ1n) is 9.69. The van der Waals surface area contributed by atoms with E-state index in [2.05, 4.69) is 5.32 Å². The number of carbonyl (C=O) groups is 2. The van der Waals surface area contributed by atoms with Crippen molar-refractivity contribution in [2.24, 2.45) is 0 Å². The Morgan fingerprint density at radius 2 is 1.76 bits per heavy atom. The number of hydrogen-bond donors (Lipinski definition) is 1. The third kappa shape index (κ3) is 4.62. The quantitative estimate of drug-likeness (QED) is 0.442. The number of cyclic esters (lactones) is 2. The van der Waals surface area contributed by atoms with Crippen molar-refractivity contribution in [3.63, 3.8) is 0 Å². The van der Waals surface area contributed by atoms with Crippen molar-refractivity contribution in [2.45, 2.75) is 63.2 Å². The summed E-state index contributed by atoms with van der Waals surface area (Å²) in [6.07, 6.45) is 4.78. The van der Waals surface area contributed by atoms with E-state index in [9.17, 15) is 18.0 Å². The number of carbonyl (C=O) groups excluding carboxylic acids is 2. The van der Waals surface area contributed by atoms with Crippen molar-refractivity contribution in [3.05, 3.63) is 36.0 Å². The predicted molar refractivity (Wildman–Crippen MR) is 106 cm³/mol. The fourth-order valence-corrected chi connectivity index (χ4v) is 5.26. The molecule has 9 heteroatoms. The maximum Gasteiger partial charge on any atom is 0.350 e. The van der Waals surface area contributed by atoms with E-state index in [4.69, 9.17) is 9.47 Å². The number of nitrogens with zero attached hydrogens (tertiary/aromatic N) is 1. The summed E-state index contributed by atoms with van der Waals surface area (Å²) in [4.78, 5) is 24.1. The molecular formula is C20H26N2O6S. The van der Waals surface area contributed by atoms with Gasteiger partial charge in [0, 0.05) is 38.3 Å². The molecule has 0 aliphatic carbocycles. The summed E-state index contributed by atoms with van der Waals surface area (Å²) in [7, 11) is -3.56. The minimum atomic E-state index is -3.56. The standard InChI is InChI=1S/C20H26N2O6S/c1-4-15-7-5-6-12-22(15)29(25,26)16-10-8-14(9-11-16)21-13-17-18(23)27-20(2,3)28-19(17)24/h8-11,13,15,21H,4-7,12H2,1-3H3. The summed E-state index contributed by atoms with van der Waals surface area (Å²) < 4.78 is 37.6. The summed E-state index contributed by atoms with van der Waals surface area (Å²) in [6, 6.07) is 6.22. The maximum atomic E-state index is 13.0. The molecule has 1 unspecified atom stereocenters. The molecule has 3 rings (SSSR count). The van der Waals surface area contributed by atoms with Crippen LogP contribution in [0.4, 0.5) is 5.69 Å². The van der Waals surface area contributed by atoms with Gasteiger partial charge in [0.05, 0.1) is 4.90 Å². The average Bonchev–Trinajstić information content (AvgIpc) is 2.66. The van der Waals surface area contributed by atoms with Crippen LogP contribution in [0.5, 0.6) is 0 Å². The normalized spacial score (nSPS) is 22.6. The number of benzene rings is 1. The lowest BCUT2D eigenvalue weighted by atomic mass is 10.0. The van der Waals surface area contributed by atoms with Crippen LogP contribution >= 0.6 is 0 Å². The summed E-state index contributed by atoms with van der Waals surface area (Å²) in [5.74, 6) is -2.87. The monoisotopic (exact) mass is 422 g/mol. The van der Waals surface area contributed by atoms with Crippen molar-refractivity contribution in [2.75, 3.05) is 11.9 Å². The molecule has 2 aliphatic rings. The molecule has 0 bridgehead atoms. The lowest BCUT2D eigenvalue weighted by molar-refractivity contribution is -0.222. The molecule has 29 heavy (non-hydrogen) atoms. The zero-order valence-corrected chi connectivity index (χ0v) is 17.6. The first-order chi connectivity index (χ1) is 13.6. The van der Waals surface area contributed by atoms with Gasteiger partial charge in [-0.1, -0.05) is 13.3 Å². The van der Waals surface area contributed by atoms with Gasteiger partial charge in [-0.15, -0.1) is 0 Å². The van der Waals surface area contributed by atoms with Gasteiger partial charge < -0.3 is 14.8 Å². The third-order valence-electron chi connectivity index (χ3n) is 5.01. The molecule has 8 nitrogen and oxygen atoms in total. The van der Waals surface area contributed by atoms with E-state index in [0.717, 1.165) is 25.7 Å². The molecule has 1 aromatic carbocycles. The smallest absolute Gasteiger partial charge is 0.350 e. The minimum absolute atomic E-state index is 0.0314. The van der Waals surface area contributed by atoms with Crippen molar-refractivity contribution in [1.29, 1.82) is 0 Å². The SMILES string of the molecule is CCC1CCCCN1S(=O)(=O)c1ccc(NC=C2C(=O)OC(C)(C)OC2=O)cc1. The number of nitrogens with one attached hydrogen (secondary N) is 1. The Balaban J connectivity index is 1.73. The predicted octanol–water partition coefficient (Wildman–Crippen LogP) is 2.77. The number of hydrogen-bond acceptors (Lipinski definition) is 7. The number of ether oxygens (including phenoxy) is 2. The lowest BCUT2D eigenvalue weighted by Gasteiger charge is -2.34. The number of anilines is 1. The highest BCUT2D eigenvalue weighted by Crippen LogP contribution is 2.28. The molecule has 158 valence electrons. The molecule has 0 radical (unpaired) electrons. The fourth-order valence-electron chi connectivity index (χ4n) is 3.49. The minimum Gasteiger partial charge on any atom is -0.419 e. The molecule has 0 saturated carbocycles. The van der Waals surface area contributed by atoms with Crippen molar-refractivity contribution < 1.29 is 27.5 Å². The van der Waals surface area contributed by atoms with Gasteiger partial charge in [-0.25, -0.2) is 18.0 Å². The van der Waals surface area contributed by atoms with E-state index in [0.29, 0.717) is 12.2 Å². The van der Waals surface area contributed by atoms with Gasteiger partial charge in [-0.2, -0.15) is 4.31 Å². The Labute approximate surface area is 170 Å². The summed E-state index contributed by atoms with van der Waals surface area (Å²) >= 11 is 0. The molecule has 2 saturated heterocycles. The number of rotatable bonds is 5. The van der Waals surface area contributed by atoms with E-state index in [1.165, 1.54) is 32.2 Å². The number of esters is 2. The van der Waals surface area contributed by atoms with Gasteiger partial charge in [0.2, 0.25) is 10.0 Å². The van der Waals surface area contributed by atoms with Crippen LogP contribution in [0, 0.1) is 0 Å². The second-order valence-electron chi connectivity index (χ2n) is 7.58. The van der Waals surface area contributed by atoms with Crippen LogP contribution in [0.25, 0.3) is 0 Å². The highest BCUT2D eigenvalue weighted by atomic mass is 32.2. The van der Waals surface area contributed by atoms with E-state index in [1.54, 1.807) is 16.4 Å². The molecular weight excluding hydrogens is 396 g/mol. The molecule has 1 atom stereocenters. The molecule has 0 spiro atoms. The Morgan fingerprint density at radius 1 is 1.14 bits per heavy atom. The Morgan fingerprint density at radius 3 is 2.34 bits per heavy atom. The van der Waals surface area contributed by atoms with Gasteiger partial charge in [0.1, 0.15) is 0 Å². The molecule has 0 amide bonds. The van der Waals surface area contributed by atoms with E-state index in [1.807, 2.05) is 6.92 Å². The van der Waals surface area contributed by atoms with Crippen LogP contribution in [0.1, 0.15) is 46.5 Å². The van der Waals surface area contributed by atoms with Crippen LogP contribution < -0.4 is 5.32 Å². The van der Waals surface area contributed by atoms with Crippen LogP contribution in [0.3, 0.4) is 0 Å². The van der Waals surface area contributed by atoms with E-state index < -0.39 is 27.7 Å². The van der Waals surface area contributed by atoms with Gasteiger partial charge >= 0.3 is 11.9 Å². The Bertz CT molecular complexity index is 899. The fraction of sp³-hybridized carbons (Fsp3) is 0.500. The second kappa shape index (κ2) is 8.16. The van der Waals surface area contributed by atoms with Gasteiger partial charge in [-0.05, 0) is 43.5 Å². The van der Waals surface area contributed by atoms with Crippen LogP contribution in [-0.4, -0.2) is 43.0 Å². The maximum absolute atomic E-state index is 13.0. The topological polar surface area (TPSA) is 102 Å². The second-order valence-corrected chi connectivity index (χ2v) is 9.47. The lowest BCUT2D eigenvalue weighted by Crippen LogP contribution is -2.43. The largest absolute Gasteiger partial charge is 0.419 e. The average molecular weight is 423 g/mol. The highest BCUT2D eigenvalue weighted by molar-refractivity contribution is 7.89. The summed E-state index contributed by atoms with van der Waals surface area (Å²) in [5.41, 5.74) is 0.257.